The lowest BCUT2D eigenvalue weighted by molar-refractivity contribution is -0.0116. The summed E-state index contributed by atoms with van der Waals surface area (Å²) in [5.41, 5.74) is 2.59. The maximum atomic E-state index is 5.78. The Balaban J connectivity index is 1.43. The first-order chi connectivity index (χ1) is 16.4. The van der Waals surface area contributed by atoms with Gasteiger partial charge < -0.3 is 33.3 Å². The molecule has 1 aromatic carbocycles. The van der Waals surface area contributed by atoms with Crippen LogP contribution in [0.15, 0.2) is 24.3 Å². The van der Waals surface area contributed by atoms with Crippen molar-refractivity contribution in [1.82, 2.24) is 4.90 Å². The van der Waals surface area contributed by atoms with E-state index in [1.807, 2.05) is 0 Å². The fourth-order valence-electron chi connectivity index (χ4n) is 3.91. The molecule has 2 heterocycles. The molecule has 3 rings (SSSR count). The first kappa shape index (κ1) is 26.3. The predicted octanol–water partition coefficient (Wildman–Crippen LogP) is 1.85. The van der Waals surface area contributed by atoms with Crippen LogP contribution < -0.4 is 4.90 Å². The van der Waals surface area contributed by atoms with Crippen molar-refractivity contribution >= 4 is 5.69 Å². The zero-order valence-electron chi connectivity index (χ0n) is 20.1. The third-order valence-corrected chi connectivity index (χ3v) is 5.84. The summed E-state index contributed by atoms with van der Waals surface area (Å²) in [6.07, 6.45) is 2.29. The minimum Gasteiger partial charge on any atom is -0.379 e. The molecule has 0 aromatic heterocycles. The second kappa shape index (κ2) is 17.2. The Bertz CT molecular complexity index is 579. The summed E-state index contributed by atoms with van der Waals surface area (Å²) in [7, 11) is 0. The number of benzene rings is 1. The van der Waals surface area contributed by atoms with Crippen LogP contribution in [0.2, 0.25) is 0 Å². The van der Waals surface area contributed by atoms with E-state index < -0.39 is 0 Å². The molecule has 2 fully saturated rings. The van der Waals surface area contributed by atoms with Gasteiger partial charge in [0.25, 0.3) is 0 Å². The molecule has 33 heavy (non-hydrogen) atoms. The summed E-state index contributed by atoms with van der Waals surface area (Å²) in [4.78, 5) is 4.83. The van der Waals surface area contributed by atoms with E-state index in [1.54, 1.807) is 0 Å². The number of aryl methyl sites for hydroxylation is 1. The van der Waals surface area contributed by atoms with Crippen LogP contribution in [0.25, 0.3) is 0 Å². The molecule has 0 radical (unpaired) electrons. The molecule has 0 bridgehead atoms. The highest BCUT2D eigenvalue weighted by atomic mass is 16.6. The molecule has 0 aliphatic carbocycles. The number of ether oxygens (including phenoxy) is 6. The van der Waals surface area contributed by atoms with Crippen LogP contribution in [0.1, 0.15) is 12.0 Å². The lowest BCUT2D eigenvalue weighted by Gasteiger charge is -2.26. The van der Waals surface area contributed by atoms with Crippen molar-refractivity contribution in [3.05, 3.63) is 29.8 Å². The first-order valence-electron chi connectivity index (χ1n) is 12.4. The molecule has 0 unspecified atom stereocenters. The van der Waals surface area contributed by atoms with Gasteiger partial charge in [0.15, 0.2) is 0 Å². The summed E-state index contributed by atoms with van der Waals surface area (Å²) < 4.78 is 33.5. The van der Waals surface area contributed by atoms with Gasteiger partial charge in [-0.1, -0.05) is 12.1 Å². The molecule has 1 aromatic rings. The van der Waals surface area contributed by atoms with Crippen molar-refractivity contribution < 1.29 is 28.4 Å². The van der Waals surface area contributed by atoms with Gasteiger partial charge in [-0.25, -0.2) is 0 Å². The fraction of sp³-hybridized carbons (Fsp3) is 0.760. The Hall–Kier alpha value is -1.26. The van der Waals surface area contributed by atoms with Crippen LogP contribution in [0.4, 0.5) is 5.69 Å². The maximum absolute atomic E-state index is 5.78. The molecule has 2 aliphatic rings. The minimum absolute atomic E-state index is 0.580. The van der Waals surface area contributed by atoms with Gasteiger partial charge in [-0.15, -0.1) is 0 Å². The van der Waals surface area contributed by atoms with Crippen LogP contribution in [-0.4, -0.2) is 117 Å². The molecule has 2 aliphatic heterocycles. The zero-order chi connectivity index (χ0) is 22.8. The van der Waals surface area contributed by atoms with Gasteiger partial charge in [0.05, 0.1) is 79.3 Å². The Morgan fingerprint density at radius 1 is 0.515 bits per heavy atom. The highest BCUT2D eigenvalue weighted by Gasteiger charge is 2.10. The molecule has 2 saturated heterocycles. The van der Waals surface area contributed by atoms with Gasteiger partial charge >= 0.3 is 0 Å². The van der Waals surface area contributed by atoms with Crippen LogP contribution >= 0.6 is 0 Å². The quantitative estimate of drug-likeness (QED) is 0.652. The van der Waals surface area contributed by atoms with Crippen LogP contribution in [0, 0.1) is 0 Å². The summed E-state index contributed by atoms with van der Waals surface area (Å²) in [5, 5.41) is 0. The average molecular weight is 467 g/mol. The van der Waals surface area contributed by atoms with Crippen molar-refractivity contribution in [2.45, 2.75) is 12.8 Å². The maximum Gasteiger partial charge on any atom is 0.0701 e. The Morgan fingerprint density at radius 3 is 1.45 bits per heavy atom. The molecule has 0 saturated carbocycles. The number of morpholine rings is 1. The zero-order valence-corrected chi connectivity index (χ0v) is 20.1. The van der Waals surface area contributed by atoms with E-state index in [1.165, 1.54) is 17.7 Å². The van der Waals surface area contributed by atoms with Gasteiger partial charge in [0.1, 0.15) is 0 Å². The lowest BCUT2D eigenvalue weighted by atomic mass is 10.1. The molecule has 0 atom stereocenters. The van der Waals surface area contributed by atoms with E-state index in [0.29, 0.717) is 66.1 Å². The number of rotatable bonds is 5. The molecule has 0 spiro atoms. The predicted molar refractivity (Wildman–Crippen MR) is 128 cm³/mol. The fourth-order valence-corrected chi connectivity index (χ4v) is 3.91. The van der Waals surface area contributed by atoms with Crippen molar-refractivity contribution in [2.75, 3.05) is 117 Å². The molecule has 8 nitrogen and oxygen atoms in total. The Labute approximate surface area is 199 Å². The third kappa shape index (κ3) is 11.6. The van der Waals surface area contributed by atoms with Crippen LogP contribution in [-0.2, 0) is 34.8 Å². The van der Waals surface area contributed by atoms with E-state index in [0.717, 1.165) is 52.4 Å². The van der Waals surface area contributed by atoms with E-state index in [4.69, 9.17) is 28.4 Å². The summed E-state index contributed by atoms with van der Waals surface area (Å²) in [6, 6.07) is 8.96. The van der Waals surface area contributed by atoms with Gasteiger partial charge in [-0.05, 0) is 37.1 Å². The number of anilines is 1. The number of hydrogen-bond acceptors (Lipinski definition) is 8. The minimum atomic E-state index is 0.580. The third-order valence-electron chi connectivity index (χ3n) is 5.84. The SMILES string of the molecule is c1cc(N2CCOCCOCCOCCOCCOCC2)ccc1CCCN1CCOCC1. The van der Waals surface area contributed by atoms with E-state index >= 15 is 0 Å². The summed E-state index contributed by atoms with van der Waals surface area (Å²) in [5.74, 6) is 0. The topological polar surface area (TPSA) is 61.9 Å². The van der Waals surface area contributed by atoms with Crippen molar-refractivity contribution in [3.8, 4) is 0 Å². The lowest BCUT2D eigenvalue weighted by Crippen LogP contribution is -2.36. The van der Waals surface area contributed by atoms with Gasteiger partial charge in [0, 0.05) is 31.9 Å². The Morgan fingerprint density at radius 2 is 0.939 bits per heavy atom. The van der Waals surface area contributed by atoms with Crippen molar-refractivity contribution in [3.63, 3.8) is 0 Å². The summed E-state index contributed by atoms with van der Waals surface area (Å²) >= 11 is 0. The largest absolute Gasteiger partial charge is 0.379 e. The van der Waals surface area contributed by atoms with E-state index in [9.17, 15) is 0 Å². The standard InChI is InChI=1S/C25H42N2O6/c1(7-26-8-12-28-13-9-26)2-24-3-5-25(6-4-24)27-10-14-29-16-18-31-20-22-33-23-21-32-19-17-30-15-11-27/h3-6H,1-2,7-23H2. The number of hydrogen-bond donors (Lipinski definition) is 0. The monoisotopic (exact) mass is 466 g/mol. The van der Waals surface area contributed by atoms with E-state index in [-0.39, 0.29) is 0 Å². The highest BCUT2D eigenvalue weighted by molar-refractivity contribution is 5.47. The molecule has 0 N–H and O–H groups in total. The second-order valence-corrected chi connectivity index (χ2v) is 8.27. The Kier molecular flexibility index (Phi) is 13.7. The summed E-state index contributed by atoms with van der Waals surface area (Å²) in [6.45, 7) is 12.6. The van der Waals surface area contributed by atoms with Crippen LogP contribution in [0.3, 0.4) is 0 Å². The molecule has 8 heteroatoms. The second-order valence-electron chi connectivity index (χ2n) is 8.27. The van der Waals surface area contributed by atoms with Gasteiger partial charge in [0.2, 0.25) is 0 Å². The normalized spacial score (nSPS) is 21.9. The highest BCUT2D eigenvalue weighted by Crippen LogP contribution is 2.16. The van der Waals surface area contributed by atoms with Crippen LogP contribution in [0.5, 0.6) is 0 Å². The number of nitrogens with zero attached hydrogens (tertiary/aromatic N) is 2. The van der Waals surface area contributed by atoms with E-state index in [2.05, 4.69) is 34.1 Å². The molecule has 188 valence electrons. The smallest absolute Gasteiger partial charge is 0.0701 e. The van der Waals surface area contributed by atoms with Gasteiger partial charge in [-0.3, -0.25) is 4.90 Å². The van der Waals surface area contributed by atoms with Gasteiger partial charge in [-0.2, -0.15) is 0 Å². The van der Waals surface area contributed by atoms with Crippen molar-refractivity contribution in [2.24, 2.45) is 0 Å². The van der Waals surface area contributed by atoms with Crippen molar-refractivity contribution in [1.29, 1.82) is 0 Å². The molecular formula is C25H42N2O6. The molecule has 0 amide bonds. The molecular weight excluding hydrogens is 424 g/mol. The average Bonchev–Trinajstić information content (AvgIpc) is 2.85. The first-order valence-corrected chi connectivity index (χ1v) is 12.4.